The summed E-state index contributed by atoms with van der Waals surface area (Å²) >= 11 is 11.9. The van der Waals surface area contributed by atoms with Gasteiger partial charge in [0.05, 0.1) is 0 Å². The first-order valence-electron chi connectivity index (χ1n) is 17.4. The lowest BCUT2D eigenvalue weighted by Gasteiger charge is -2.33. The predicted octanol–water partition coefficient (Wildman–Crippen LogP) is 7.00. The van der Waals surface area contributed by atoms with Crippen molar-refractivity contribution in [3.05, 3.63) is 129 Å². The van der Waals surface area contributed by atoms with E-state index in [-0.39, 0.29) is 23.9 Å². The maximum Gasteiger partial charge on any atom is 0.270 e. The number of nitrogens with zero attached hydrogens (tertiary/aromatic N) is 2. The van der Waals surface area contributed by atoms with E-state index in [0.29, 0.717) is 47.1 Å². The van der Waals surface area contributed by atoms with Crippen LogP contribution < -0.4 is 10.6 Å². The van der Waals surface area contributed by atoms with Crippen molar-refractivity contribution in [3.63, 3.8) is 0 Å². The van der Waals surface area contributed by atoms with Crippen LogP contribution in [0.15, 0.2) is 84.9 Å². The Labute approximate surface area is 315 Å². The highest BCUT2D eigenvalue weighted by molar-refractivity contribution is 6.31. The molecule has 2 saturated carbocycles. The third kappa shape index (κ3) is 11.7. The van der Waals surface area contributed by atoms with Gasteiger partial charge in [0.1, 0.15) is 22.6 Å². The number of carbonyl (C=O) groups is 2. The Morgan fingerprint density at radius 3 is 1.46 bits per heavy atom. The molecule has 268 valence electrons. The monoisotopic (exact) mass is 736 g/mol. The van der Waals surface area contributed by atoms with Crippen LogP contribution in [0, 0.1) is 37.5 Å². The summed E-state index contributed by atoms with van der Waals surface area (Å²) in [5, 5.41) is 28.8. The molecule has 0 bridgehead atoms. The van der Waals surface area contributed by atoms with Gasteiger partial charge in [0, 0.05) is 57.5 Å². The van der Waals surface area contributed by atoms with Crippen molar-refractivity contribution in [1.82, 2.24) is 20.6 Å². The zero-order valence-corrected chi connectivity index (χ0v) is 30.8. The molecule has 2 aliphatic rings. The highest BCUT2D eigenvalue weighted by Crippen LogP contribution is 2.29. The molecule has 4 aromatic rings. The molecule has 4 atom stereocenters. The van der Waals surface area contributed by atoms with Gasteiger partial charge in [-0.15, -0.1) is 0 Å². The number of carbonyl (C=O) groups excluding carboxylic acids is 2. The summed E-state index contributed by atoms with van der Waals surface area (Å²) < 4.78 is 0. The number of pyridine rings is 2. The lowest BCUT2D eigenvalue weighted by atomic mass is 9.82. The number of halogens is 2. The minimum Gasteiger partial charge on any atom is -0.378 e. The summed E-state index contributed by atoms with van der Waals surface area (Å²) in [5.74, 6) is 11.5. The summed E-state index contributed by atoms with van der Waals surface area (Å²) in [6.07, 6.45) is 5.22. The van der Waals surface area contributed by atoms with Crippen LogP contribution in [0.5, 0.6) is 0 Å². The van der Waals surface area contributed by atoms with E-state index in [2.05, 4.69) is 44.3 Å². The number of aromatic nitrogens is 2. The summed E-state index contributed by atoms with van der Waals surface area (Å²) in [5.41, 5.74) is 1.68. The van der Waals surface area contributed by atoms with E-state index in [9.17, 15) is 19.8 Å². The third-order valence-electron chi connectivity index (χ3n) is 8.89. The molecule has 2 aromatic carbocycles. The molecule has 0 radical (unpaired) electrons. The molecule has 2 amide bonds. The Kier molecular flexibility index (Phi) is 13.1. The van der Waals surface area contributed by atoms with Gasteiger partial charge in [-0.3, -0.25) is 9.59 Å². The summed E-state index contributed by atoms with van der Waals surface area (Å²) in [6.45, 7) is 3.70. The van der Waals surface area contributed by atoms with Crippen molar-refractivity contribution in [2.24, 2.45) is 0 Å². The average molecular weight is 738 g/mol. The van der Waals surface area contributed by atoms with E-state index in [4.69, 9.17) is 23.2 Å². The number of hydrogen-bond acceptors (Lipinski definition) is 6. The molecule has 2 heterocycles. The molecule has 0 unspecified atom stereocenters. The molecule has 2 fully saturated rings. The van der Waals surface area contributed by atoms with Crippen LogP contribution in [0.2, 0.25) is 10.0 Å². The lowest BCUT2D eigenvalue weighted by molar-refractivity contribution is 0.0443. The molecular formula is C42H42Cl2N4O4. The topological polar surface area (TPSA) is 124 Å². The molecule has 0 saturated heterocycles. The van der Waals surface area contributed by atoms with Gasteiger partial charge in [0.25, 0.3) is 11.8 Å². The number of aryl methyl sites for hydroxylation is 2. The normalized spacial score (nSPS) is 22.2. The van der Waals surface area contributed by atoms with E-state index in [1.165, 1.54) is 0 Å². The summed E-state index contributed by atoms with van der Waals surface area (Å²) in [4.78, 5) is 33.3. The Bertz CT molecular complexity index is 1890. The quantitative estimate of drug-likeness (QED) is 0.167. The highest BCUT2D eigenvalue weighted by atomic mass is 35.5. The molecule has 4 N–H and O–H groups in total. The fourth-order valence-corrected chi connectivity index (χ4v) is 6.73. The van der Waals surface area contributed by atoms with Gasteiger partial charge in [-0.25, -0.2) is 9.97 Å². The molecule has 6 rings (SSSR count). The fraction of sp³-hybridized carbons (Fsp3) is 0.333. The number of nitrogens with one attached hydrogen (secondary N) is 2. The Balaban J connectivity index is 0.000000201. The number of rotatable bonds is 4. The molecule has 0 aliphatic heterocycles. The molecule has 0 spiro atoms. The second-order valence-corrected chi connectivity index (χ2v) is 14.3. The Morgan fingerprint density at radius 1 is 0.673 bits per heavy atom. The maximum absolute atomic E-state index is 12.4. The van der Waals surface area contributed by atoms with Crippen LogP contribution in [0.25, 0.3) is 0 Å². The minimum absolute atomic E-state index is 0.128. The second-order valence-electron chi connectivity index (χ2n) is 13.4. The molecule has 2 aliphatic carbocycles. The number of aliphatic hydroxyl groups is 2. The van der Waals surface area contributed by atoms with Crippen molar-refractivity contribution >= 4 is 35.0 Å². The van der Waals surface area contributed by atoms with Crippen molar-refractivity contribution in [2.45, 2.75) is 88.5 Å². The van der Waals surface area contributed by atoms with Gasteiger partial charge in [0.15, 0.2) is 0 Å². The van der Waals surface area contributed by atoms with E-state index in [1.54, 1.807) is 36.4 Å². The SMILES string of the molecule is Cc1cccc(C(=O)N[C@@H]2CCC[C@](O)(C#Cc3cccc(Cl)c3)C2)n1.Cc1cccc(C(=O)N[C@H]2CCC[C@@](O)(C#Cc3cccc(Cl)c3)C2)n1. The van der Waals surface area contributed by atoms with Crippen LogP contribution in [-0.4, -0.2) is 55.3 Å². The van der Waals surface area contributed by atoms with E-state index >= 15 is 0 Å². The first kappa shape index (κ1) is 38.5. The molecule has 10 heteroatoms. The Morgan fingerprint density at radius 2 is 1.08 bits per heavy atom. The van der Waals surface area contributed by atoms with Gasteiger partial charge < -0.3 is 20.8 Å². The van der Waals surface area contributed by atoms with Gasteiger partial charge in [-0.05, 0) is 113 Å². The van der Waals surface area contributed by atoms with Crippen LogP contribution in [0.3, 0.4) is 0 Å². The molecule has 8 nitrogen and oxygen atoms in total. The molecule has 2 aromatic heterocycles. The maximum atomic E-state index is 12.4. The van der Waals surface area contributed by atoms with E-state index in [0.717, 1.165) is 48.2 Å². The predicted molar refractivity (Wildman–Crippen MR) is 204 cm³/mol. The largest absolute Gasteiger partial charge is 0.378 e. The van der Waals surface area contributed by atoms with Gasteiger partial charge in [-0.2, -0.15) is 0 Å². The van der Waals surface area contributed by atoms with Crippen molar-refractivity contribution in [2.75, 3.05) is 0 Å². The fourth-order valence-electron chi connectivity index (χ4n) is 6.35. The highest BCUT2D eigenvalue weighted by Gasteiger charge is 2.35. The summed E-state index contributed by atoms with van der Waals surface area (Å²) in [7, 11) is 0. The average Bonchev–Trinajstić information content (AvgIpc) is 3.10. The van der Waals surface area contributed by atoms with E-state index < -0.39 is 11.2 Å². The molecular weight excluding hydrogens is 695 g/mol. The van der Waals surface area contributed by atoms with E-state index in [1.807, 2.05) is 62.4 Å². The Hall–Kier alpha value is -4.70. The van der Waals surface area contributed by atoms with Gasteiger partial charge in [-0.1, -0.05) is 71.1 Å². The summed E-state index contributed by atoms with van der Waals surface area (Å²) in [6, 6.07) is 24.9. The number of amides is 2. The minimum atomic E-state index is -1.11. The van der Waals surface area contributed by atoms with Crippen molar-refractivity contribution in [1.29, 1.82) is 0 Å². The van der Waals surface area contributed by atoms with Gasteiger partial charge >= 0.3 is 0 Å². The zero-order chi connectivity index (χ0) is 37.1. The zero-order valence-electron chi connectivity index (χ0n) is 29.3. The second kappa shape index (κ2) is 17.7. The van der Waals surface area contributed by atoms with Crippen LogP contribution in [-0.2, 0) is 0 Å². The number of hydrogen-bond donors (Lipinski definition) is 4. The standard InChI is InChI=1S/2C21H21ClN2O2/c2*1-15-5-2-9-19(23-15)20(25)24-18-8-4-11-21(26,14-18)12-10-16-6-3-7-17(22)13-16/h2*2-3,5-7,9,13,18,26H,4,8,11,14H2,1H3,(H,24,25)/t2*18-,21+/m10/s1. The van der Waals surface area contributed by atoms with Crippen LogP contribution in [0.1, 0.15) is 94.9 Å². The lowest BCUT2D eigenvalue weighted by Crippen LogP contribution is -2.45. The number of benzene rings is 2. The third-order valence-corrected chi connectivity index (χ3v) is 9.36. The van der Waals surface area contributed by atoms with Crippen molar-refractivity contribution in [3.8, 4) is 23.7 Å². The van der Waals surface area contributed by atoms with Crippen LogP contribution in [0.4, 0.5) is 0 Å². The van der Waals surface area contributed by atoms with Gasteiger partial charge in [0.2, 0.25) is 0 Å². The van der Waals surface area contributed by atoms with Crippen molar-refractivity contribution < 1.29 is 19.8 Å². The first-order chi connectivity index (χ1) is 24.9. The van der Waals surface area contributed by atoms with Crippen LogP contribution >= 0.6 is 23.2 Å². The smallest absolute Gasteiger partial charge is 0.270 e. The molecule has 52 heavy (non-hydrogen) atoms. The first-order valence-corrected chi connectivity index (χ1v) is 18.1.